The van der Waals surface area contributed by atoms with Crippen LogP contribution in [0.25, 0.3) is 11.2 Å². The zero-order valence-electron chi connectivity index (χ0n) is 12.0. The molecule has 2 aromatic rings. The highest BCUT2D eigenvalue weighted by molar-refractivity contribution is 5.92. The van der Waals surface area contributed by atoms with E-state index in [9.17, 15) is 20.1 Å². The molecule has 3 heterocycles. The maximum atomic E-state index is 12.0. The van der Waals surface area contributed by atoms with Crippen molar-refractivity contribution in [3.63, 3.8) is 0 Å². The largest absolute Gasteiger partial charge is 0.463 e. The van der Waals surface area contributed by atoms with Crippen LogP contribution >= 0.6 is 0 Å². The number of carbonyl (C=O) groups is 1. The second-order valence-electron chi connectivity index (χ2n) is 4.96. The topological polar surface area (TPSA) is 166 Å². The smallest absolute Gasteiger partial charge is 0.374 e. The molecular weight excluding hydrogens is 310 g/mol. The predicted molar refractivity (Wildman–Crippen MR) is 74.1 cm³/mol. The molecule has 1 aliphatic rings. The van der Waals surface area contributed by atoms with Gasteiger partial charge in [0, 0.05) is 0 Å². The zero-order valence-corrected chi connectivity index (χ0v) is 12.0. The van der Waals surface area contributed by atoms with Crippen LogP contribution in [0.4, 0.5) is 5.82 Å². The number of hydrogen-bond donors (Lipinski definition) is 4. The predicted octanol–water partition coefficient (Wildman–Crippen LogP) is -2.19. The van der Waals surface area contributed by atoms with Gasteiger partial charge in [-0.3, -0.25) is 4.57 Å². The molecule has 0 saturated carbocycles. The molecule has 11 nitrogen and oxygen atoms in total. The Morgan fingerprint density at radius 3 is 2.78 bits per heavy atom. The maximum Gasteiger partial charge on any atom is 0.374 e. The minimum absolute atomic E-state index is 0.0330. The van der Waals surface area contributed by atoms with Gasteiger partial charge in [-0.1, -0.05) is 0 Å². The average molecular weight is 325 g/mol. The fourth-order valence-corrected chi connectivity index (χ4v) is 2.50. The van der Waals surface area contributed by atoms with Gasteiger partial charge in [0.15, 0.2) is 23.2 Å². The molecule has 0 radical (unpaired) electrons. The standard InChI is InChI=1S/C12H15N5O6/c1-22-12(21)10-16-5-8(13)14-3-15-9(5)17(10)11-7(20)6(19)4(2-18)23-11/h3-4,6-7,11,18-20H,2H2,1H3,(H2,13,14,15)/t4-,6?,7?,11-/m1/s1. The van der Waals surface area contributed by atoms with Crippen molar-refractivity contribution in [3.8, 4) is 0 Å². The number of carbonyl (C=O) groups excluding carboxylic acids is 1. The number of aromatic nitrogens is 4. The van der Waals surface area contributed by atoms with Crippen LogP contribution in [0.2, 0.25) is 0 Å². The van der Waals surface area contributed by atoms with E-state index in [0.717, 1.165) is 6.33 Å². The summed E-state index contributed by atoms with van der Waals surface area (Å²) in [6, 6.07) is 0. The first-order valence-electron chi connectivity index (χ1n) is 6.68. The van der Waals surface area contributed by atoms with E-state index < -0.39 is 37.1 Å². The summed E-state index contributed by atoms with van der Waals surface area (Å²) >= 11 is 0. The average Bonchev–Trinajstić information content (AvgIpc) is 3.07. The second kappa shape index (κ2) is 5.70. The van der Waals surface area contributed by atoms with E-state index in [1.54, 1.807) is 0 Å². The highest BCUT2D eigenvalue weighted by atomic mass is 16.6. The summed E-state index contributed by atoms with van der Waals surface area (Å²) < 4.78 is 11.3. The van der Waals surface area contributed by atoms with Crippen LogP contribution < -0.4 is 5.73 Å². The molecule has 2 aromatic heterocycles. The quantitative estimate of drug-likeness (QED) is 0.455. The monoisotopic (exact) mass is 325 g/mol. The molecule has 1 fully saturated rings. The second-order valence-corrected chi connectivity index (χ2v) is 4.96. The van der Waals surface area contributed by atoms with Crippen LogP contribution in [0, 0.1) is 0 Å². The normalized spacial score (nSPS) is 27.5. The van der Waals surface area contributed by atoms with Gasteiger partial charge in [-0.05, 0) is 0 Å². The molecule has 4 atom stereocenters. The Balaban J connectivity index is 2.19. The molecule has 11 heteroatoms. The summed E-state index contributed by atoms with van der Waals surface area (Å²) in [6.07, 6.45) is -3.80. The maximum absolute atomic E-state index is 12.0. The van der Waals surface area contributed by atoms with Crippen LogP contribution in [-0.2, 0) is 9.47 Å². The molecule has 0 aromatic carbocycles. The highest BCUT2D eigenvalue weighted by Gasteiger charge is 2.45. The van der Waals surface area contributed by atoms with Gasteiger partial charge in [0.1, 0.15) is 24.6 Å². The number of imidazole rings is 1. The van der Waals surface area contributed by atoms with E-state index in [0.29, 0.717) is 0 Å². The molecule has 0 bridgehead atoms. The van der Waals surface area contributed by atoms with E-state index in [1.807, 2.05) is 0 Å². The van der Waals surface area contributed by atoms with E-state index >= 15 is 0 Å². The number of nitrogen functional groups attached to an aromatic ring is 1. The van der Waals surface area contributed by atoms with Crippen molar-refractivity contribution >= 4 is 23.0 Å². The van der Waals surface area contributed by atoms with Gasteiger partial charge in [-0.25, -0.2) is 19.7 Å². The Labute approximate surface area is 129 Å². The lowest BCUT2D eigenvalue weighted by molar-refractivity contribution is -0.0524. The van der Waals surface area contributed by atoms with Gasteiger partial charge in [-0.15, -0.1) is 0 Å². The summed E-state index contributed by atoms with van der Waals surface area (Å²) in [4.78, 5) is 23.8. The van der Waals surface area contributed by atoms with Crippen molar-refractivity contribution in [1.29, 1.82) is 0 Å². The molecule has 2 unspecified atom stereocenters. The van der Waals surface area contributed by atoms with Crippen LogP contribution in [0.3, 0.4) is 0 Å². The molecule has 1 aliphatic heterocycles. The number of fused-ring (bicyclic) bond motifs is 1. The SMILES string of the molecule is COC(=O)c1nc2c(N)ncnc2n1[C@@H]1O[C@H](CO)C(O)C1O. The summed E-state index contributed by atoms with van der Waals surface area (Å²) in [5.41, 5.74) is 5.98. The lowest BCUT2D eigenvalue weighted by Crippen LogP contribution is -2.33. The van der Waals surface area contributed by atoms with Gasteiger partial charge in [0.2, 0.25) is 5.82 Å². The Morgan fingerprint density at radius 1 is 1.43 bits per heavy atom. The van der Waals surface area contributed by atoms with Crippen LogP contribution in [-0.4, -0.2) is 72.8 Å². The van der Waals surface area contributed by atoms with E-state index in [1.165, 1.54) is 11.7 Å². The number of aliphatic hydroxyl groups excluding tert-OH is 3. The third-order valence-corrected chi connectivity index (χ3v) is 3.64. The number of anilines is 1. The van der Waals surface area contributed by atoms with Crippen molar-refractivity contribution in [1.82, 2.24) is 19.5 Å². The number of ether oxygens (including phenoxy) is 2. The third kappa shape index (κ3) is 2.30. The lowest BCUT2D eigenvalue weighted by Gasteiger charge is -2.18. The van der Waals surface area contributed by atoms with Crippen LogP contribution in [0.1, 0.15) is 16.8 Å². The number of esters is 1. The van der Waals surface area contributed by atoms with E-state index in [4.69, 9.17) is 10.5 Å². The molecule has 0 amide bonds. The Kier molecular flexibility index (Phi) is 3.85. The Morgan fingerprint density at radius 2 is 2.17 bits per heavy atom. The summed E-state index contributed by atoms with van der Waals surface area (Å²) in [7, 11) is 1.17. The highest BCUT2D eigenvalue weighted by Crippen LogP contribution is 2.33. The number of aliphatic hydroxyl groups is 3. The fourth-order valence-electron chi connectivity index (χ4n) is 2.50. The van der Waals surface area contributed by atoms with E-state index in [2.05, 4.69) is 19.7 Å². The first kappa shape index (κ1) is 15.6. The first-order valence-corrected chi connectivity index (χ1v) is 6.68. The molecule has 23 heavy (non-hydrogen) atoms. The van der Waals surface area contributed by atoms with Gasteiger partial charge < -0.3 is 30.5 Å². The summed E-state index contributed by atoms with van der Waals surface area (Å²) in [6.45, 7) is -0.508. The van der Waals surface area contributed by atoms with E-state index in [-0.39, 0.29) is 22.8 Å². The number of methoxy groups -OCH3 is 1. The van der Waals surface area contributed by atoms with Gasteiger partial charge in [0.05, 0.1) is 13.7 Å². The minimum Gasteiger partial charge on any atom is -0.463 e. The lowest BCUT2D eigenvalue weighted by atomic mass is 10.1. The number of nitrogens with zero attached hydrogens (tertiary/aromatic N) is 4. The van der Waals surface area contributed by atoms with Crippen molar-refractivity contribution in [2.45, 2.75) is 24.5 Å². The fraction of sp³-hybridized carbons (Fsp3) is 0.500. The van der Waals surface area contributed by atoms with Crippen LogP contribution in [0.15, 0.2) is 6.33 Å². The Bertz CT molecular complexity index is 749. The Hall–Kier alpha value is -2.34. The molecule has 0 aliphatic carbocycles. The summed E-state index contributed by atoms with van der Waals surface area (Å²) in [5, 5.41) is 29.3. The summed E-state index contributed by atoms with van der Waals surface area (Å²) in [5.74, 6) is -0.990. The van der Waals surface area contributed by atoms with Crippen molar-refractivity contribution < 1.29 is 29.6 Å². The molecule has 0 spiro atoms. The van der Waals surface area contributed by atoms with Gasteiger partial charge in [-0.2, -0.15) is 0 Å². The van der Waals surface area contributed by atoms with Gasteiger partial charge >= 0.3 is 5.97 Å². The first-order chi connectivity index (χ1) is 11.0. The number of rotatable bonds is 3. The number of hydrogen-bond acceptors (Lipinski definition) is 10. The molecule has 124 valence electrons. The molecule has 1 saturated heterocycles. The molecule has 5 N–H and O–H groups in total. The van der Waals surface area contributed by atoms with Gasteiger partial charge in [0.25, 0.3) is 0 Å². The number of nitrogens with two attached hydrogens (primary N) is 1. The van der Waals surface area contributed by atoms with Crippen molar-refractivity contribution in [3.05, 3.63) is 12.2 Å². The van der Waals surface area contributed by atoms with Crippen molar-refractivity contribution in [2.75, 3.05) is 19.5 Å². The van der Waals surface area contributed by atoms with Crippen molar-refractivity contribution in [2.24, 2.45) is 0 Å². The minimum atomic E-state index is -1.41. The zero-order chi connectivity index (χ0) is 16.7. The molecular formula is C12H15N5O6. The van der Waals surface area contributed by atoms with Crippen LogP contribution in [0.5, 0.6) is 0 Å². The third-order valence-electron chi connectivity index (χ3n) is 3.64. The molecule has 3 rings (SSSR count).